The predicted octanol–water partition coefficient (Wildman–Crippen LogP) is 0.781. The van der Waals surface area contributed by atoms with E-state index in [1.54, 1.807) is 18.0 Å². The Balaban J connectivity index is 2.52. The van der Waals surface area contributed by atoms with E-state index in [2.05, 4.69) is 0 Å². The Morgan fingerprint density at radius 3 is 3.00 bits per heavy atom. The minimum atomic E-state index is -0.837. The standard InChI is InChI=1S/C10H12N2O2/c1-12(7-10(13)14)9-4-2-8(6-11)3-5-9/h2-4,9H,5,7H2,1H3,(H,13,14). The van der Waals surface area contributed by atoms with Gasteiger partial charge in [-0.25, -0.2) is 0 Å². The molecule has 0 amide bonds. The minimum Gasteiger partial charge on any atom is -0.480 e. The molecule has 0 aromatic rings. The van der Waals surface area contributed by atoms with E-state index >= 15 is 0 Å². The molecule has 0 aromatic carbocycles. The highest BCUT2D eigenvalue weighted by Gasteiger charge is 2.15. The van der Waals surface area contributed by atoms with Crippen molar-refractivity contribution in [3.8, 4) is 6.07 Å². The van der Waals surface area contributed by atoms with E-state index in [0.29, 0.717) is 12.0 Å². The molecular weight excluding hydrogens is 180 g/mol. The summed E-state index contributed by atoms with van der Waals surface area (Å²) in [5.41, 5.74) is 0.643. The normalized spacial score (nSPS) is 20.4. The Morgan fingerprint density at radius 2 is 2.57 bits per heavy atom. The highest BCUT2D eigenvalue weighted by molar-refractivity contribution is 5.69. The Kier molecular flexibility index (Phi) is 3.43. The number of carbonyl (C=O) groups is 1. The fourth-order valence-electron chi connectivity index (χ4n) is 1.35. The van der Waals surface area contributed by atoms with Crippen molar-refractivity contribution < 1.29 is 9.90 Å². The molecule has 14 heavy (non-hydrogen) atoms. The number of likely N-dealkylation sites (N-methyl/N-ethyl adjacent to an activating group) is 1. The second kappa shape index (κ2) is 4.58. The van der Waals surface area contributed by atoms with Crippen LogP contribution in [-0.2, 0) is 4.79 Å². The van der Waals surface area contributed by atoms with Gasteiger partial charge in [-0.3, -0.25) is 9.69 Å². The smallest absolute Gasteiger partial charge is 0.317 e. The van der Waals surface area contributed by atoms with E-state index in [-0.39, 0.29) is 12.6 Å². The van der Waals surface area contributed by atoms with Gasteiger partial charge in [0, 0.05) is 11.6 Å². The van der Waals surface area contributed by atoms with Crippen LogP contribution in [0.1, 0.15) is 6.42 Å². The molecule has 1 unspecified atom stereocenters. The van der Waals surface area contributed by atoms with E-state index in [1.165, 1.54) is 0 Å². The lowest BCUT2D eigenvalue weighted by Crippen LogP contribution is -2.34. The highest BCUT2D eigenvalue weighted by Crippen LogP contribution is 2.13. The molecule has 0 saturated carbocycles. The van der Waals surface area contributed by atoms with E-state index in [4.69, 9.17) is 10.4 Å². The molecule has 0 aromatic heterocycles. The summed E-state index contributed by atoms with van der Waals surface area (Å²) in [5, 5.41) is 17.2. The molecule has 0 radical (unpaired) electrons. The van der Waals surface area contributed by atoms with Crippen molar-refractivity contribution in [2.75, 3.05) is 13.6 Å². The van der Waals surface area contributed by atoms with Crippen LogP contribution in [0.15, 0.2) is 23.8 Å². The van der Waals surface area contributed by atoms with Gasteiger partial charge in [-0.05, 0) is 19.5 Å². The van der Waals surface area contributed by atoms with Gasteiger partial charge in [0.25, 0.3) is 0 Å². The van der Waals surface area contributed by atoms with Crippen LogP contribution in [0.5, 0.6) is 0 Å². The molecule has 0 aliphatic heterocycles. The lowest BCUT2D eigenvalue weighted by molar-refractivity contribution is -0.138. The lowest BCUT2D eigenvalue weighted by atomic mass is 10.0. The van der Waals surface area contributed by atoms with E-state index in [9.17, 15) is 4.79 Å². The first-order chi connectivity index (χ1) is 6.63. The maximum atomic E-state index is 10.4. The fourth-order valence-corrected chi connectivity index (χ4v) is 1.35. The molecule has 1 aliphatic rings. The van der Waals surface area contributed by atoms with Crippen LogP contribution in [0.25, 0.3) is 0 Å². The summed E-state index contributed by atoms with van der Waals surface area (Å²) in [4.78, 5) is 12.2. The van der Waals surface area contributed by atoms with Crippen LogP contribution >= 0.6 is 0 Å². The van der Waals surface area contributed by atoms with Crippen molar-refractivity contribution in [3.63, 3.8) is 0 Å². The summed E-state index contributed by atoms with van der Waals surface area (Å²) in [5.74, 6) is -0.837. The van der Waals surface area contributed by atoms with Gasteiger partial charge in [-0.2, -0.15) is 5.26 Å². The SMILES string of the molecule is CN(CC(=O)O)C1C=CC(C#N)=CC1. The average molecular weight is 192 g/mol. The summed E-state index contributed by atoms with van der Waals surface area (Å²) in [6.07, 6.45) is 6.11. The molecule has 74 valence electrons. The van der Waals surface area contributed by atoms with Crippen LogP contribution in [0.3, 0.4) is 0 Å². The van der Waals surface area contributed by atoms with Crippen molar-refractivity contribution in [1.82, 2.24) is 4.90 Å². The summed E-state index contributed by atoms with van der Waals surface area (Å²) in [7, 11) is 1.76. The number of carboxylic acids is 1. The summed E-state index contributed by atoms with van der Waals surface area (Å²) < 4.78 is 0. The molecule has 0 bridgehead atoms. The van der Waals surface area contributed by atoms with E-state index in [0.717, 1.165) is 0 Å². The van der Waals surface area contributed by atoms with Crippen molar-refractivity contribution in [2.45, 2.75) is 12.5 Å². The number of aliphatic carboxylic acids is 1. The number of rotatable bonds is 3. The van der Waals surface area contributed by atoms with Gasteiger partial charge >= 0.3 is 5.97 Å². The maximum absolute atomic E-state index is 10.4. The predicted molar refractivity (Wildman–Crippen MR) is 51.5 cm³/mol. The second-order valence-electron chi connectivity index (χ2n) is 3.24. The fraction of sp³-hybridized carbons (Fsp3) is 0.400. The number of carboxylic acid groups (broad SMARTS) is 1. The van der Waals surface area contributed by atoms with Crippen molar-refractivity contribution in [2.24, 2.45) is 0 Å². The molecular formula is C10H12N2O2. The third-order valence-electron chi connectivity index (χ3n) is 2.16. The van der Waals surface area contributed by atoms with Gasteiger partial charge in [0.15, 0.2) is 0 Å². The van der Waals surface area contributed by atoms with Crippen molar-refractivity contribution in [3.05, 3.63) is 23.8 Å². The van der Waals surface area contributed by atoms with Gasteiger partial charge in [0.05, 0.1) is 12.6 Å². The largest absolute Gasteiger partial charge is 0.480 e. The van der Waals surface area contributed by atoms with Gasteiger partial charge in [-0.15, -0.1) is 0 Å². The summed E-state index contributed by atoms with van der Waals surface area (Å²) in [6, 6.07) is 2.13. The second-order valence-corrected chi connectivity index (χ2v) is 3.24. The number of nitriles is 1. The first-order valence-electron chi connectivity index (χ1n) is 4.34. The topological polar surface area (TPSA) is 64.3 Å². The van der Waals surface area contributed by atoms with Crippen LogP contribution in [0.4, 0.5) is 0 Å². The third kappa shape index (κ3) is 2.71. The first kappa shape index (κ1) is 10.5. The van der Waals surface area contributed by atoms with Crippen molar-refractivity contribution in [1.29, 1.82) is 5.26 Å². The van der Waals surface area contributed by atoms with Crippen LogP contribution in [0, 0.1) is 11.3 Å². The van der Waals surface area contributed by atoms with Gasteiger partial charge in [0.1, 0.15) is 0 Å². The van der Waals surface area contributed by atoms with Gasteiger partial charge < -0.3 is 5.11 Å². The molecule has 1 atom stereocenters. The molecule has 0 heterocycles. The highest BCUT2D eigenvalue weighted by atomic mass is 16.4. The van der Waals surface area contributed by atoms with Crippen molar-refractivity contribution >= 4 is 5.97 Å². The van der Waals surface area contributed by atoms with Crippen LogP contribution in [0.2, 0.25) is 0 Å². The average Bonchev–Trinajstić information content (AvgIpc) is 2.17. The molecule has 1 N–H and O–H groups in total. The van der Waals surface area contributed by atoms with Crippen LogP contribution < -0.4 is 0 Å². The minimum absolute atomic E-state index is 0.0186. The number of nitrogens with zero attached hydrogens (tertiary/aromatic N) is 2. The zero-order valence-electron chi connectivity index (χ0n) is 7.97. The Morgan fingerprint density at radius 1 is 1.86 bits per heavy atom. The Labute approximate surface area is 82.7 Å². The molecule has 1 rings (SSSR count). The zero-order chi connectivity index (χ0) is 10.6. The first-order valence-corrected chi connectivity index (χ1v) is 4.34. The molecule has 0 fully saturated rings. The Bertz CT molecular complexity index is 326. The van der Waals surface area contributed by atoms with Gasteiger partial charge in [0.2, 0.25) is 0 Å². The number of hydrogen-bond donors (Lipinski definition) is 1. The van der Waals surface area contributed by atoms with E-state index < -0.39 is 5.97 Å². The number of allylic oxidation sites excluding steroid dienone is 2. The zero-order valence-corrected chi connectivity index (χ0v) is 7.97. The molecule has 1 aliphatic carbocycles. The monoisotopic (exact) mass is 192 g/mol. The molecule has 0 spiro atoms. The number of hydrogen-bond acceptors (Lipinski definition) is 3. The van der Waals surface area contributed by atoms with Crippen LogP contribution in [-0.4, -0.2) is 35.6 Å². The quantitative estimate of drug-likeness (QED) is 0.717. The van der Waals surface area contributed by atoms with Gasteiger partial charge in [-0.1, -0.05) is 12.2 Å². The summed E-state index contributed by atoms with van der Waals surface area (Å²) in [6.45, 7) is 0.0186. The molecule has 0 saturated heterocycles. The molecule has 4 nitrogen and oxygen atoms in total. The summed E-state index contributed by atoms with van der Waals surface area (Å²) >= 11 is 0. The maximum Gasteiger partial charge on any atom is 0.317 e. The molecule has 4 heteroatoms. The lowest BCUT2D eigenvalue weighted by Gasteiger charge is -2.24. The van der Waals surface area contributed by atoms with E-state index in [1.807, 2.05) is 18.2 Å². The third-order valence-corrected chi connectivity index (χ3v) is 2.16. The Hall–Kier alpha value is -1.60.